The van der Waals surface area contributed by atoms with Crippen molar-refractivity contribution < 1.29 is 19.7 Å². The Morgan fingerprint density at radius 1 is 1.24 bits per heavy atom. The Hall–Kier alpha value is -0.970. The minimum atomic E-state index is -0.788. The number of amides is 2. The Kier molecular flexibility index (Phi) is 8.34. The number of urea groups is 1. The minimum Gasteiger partial charge on any atom is -0.394 e. The number of ether oxygens (including phenoxy) is 1. The van der Waals surface area contributed by atoms with Crippen LogP contribution < -0.4 is 26.6 Å². The molecule has 7 N–H and O–H groups in total. The van der Waals surface area contributed by atoms with Crippen molar-refractivity contribution in [2.75, 3.05) is 20.3 Å². The van der Waals surface area contributed by atoms with Crippen LogP contribution >= 0.6 is 0 Å². The van der Waals surface area contributed by atoms with Crippen LogP contribution in [-0.4, -0.2) is 73.3 Å². The molecule has 0 radical (unpaired) electrons. The fraction of sp³-hybridized carbons (Fsp3) is 0.938. The highest BCUT2D eigenvalue weighted by Crippen LogP contribution is 2.20. The quantitative estimate of drug-likeness (QED) is 0.303. The van der Waals surface area contributed by atoms with Crippen molar-refractivity contribution in [2.24, 2.45) is 0 Å². The SMILES string of the molecule is COC1CCC(NC(=O)NC2NC(C)CC(NCC(O)CO)N2)CC1. The van der Waals surface area contributed by atoms with Crippen LogP contribution in [0, 0.1) is 0 Å². The average Bonchev–Trinajstić information content (AvgIpc) is 2.59. The van der Waals surface area contributed by atoms with E-state index < -0.39 is 6.10 Å². The number of hydrogen-bond acceptors (Lipinski definition) is 7. The Morgan fingerprint density at radius 2 is 1.96 bits per heavy atom. The summed E-state index contributed by atoms with van der Waals surface area (Å²) >= 11 is 0. The zero-order chi connectivity index (χ0) is 18.2. The number of carbonyl (C=O) groups excluding carboxylic acids is 1. The molecule has 4 unspecified atom stereocenters. The second-order valence-electron chi connectivity index (χ2n) is 7.03. The summed E-state index contributed by atoms with van der Waals surface area (Å²) in [7, 11) is 1.73. The molecule has 1 aliphatic heterocycles. The number of rotatable bonds is 7. The second-order valence-corrected chi connectivity index (χ2v) is 7.03. The van der Waals surface area contributed by atoms with Crippen LogP contribution in [0.4, 0.5) is 4.79 Å². The first kappa shape index (κ1) is 20.3. The Balaban J connectivity index is 1.72. The number of aliphatic hydroxyl groups is 2. The molecule has 2 fully saturated rings. The third-order valence-electron chi connectivity index (χ3n) is 4.84. The number of aliphatic hydroxyl groups excluding tert-OH is 2. The van der Waals surface area contributed by atoms with E-state index in [4.69, 9.17) is 9.84 Å². The summed E-state index contributed by atoms with van der Waals surface area (Å²) < 4.78 is 5.35. The van der Waals surface area contributed by atoms with E-state index >= 15 is 0 Å². The lowest BCUT2D eigenvalue weighted by molar-refractivity contribution is 0.0632. The van der Waals surface area contributed by atoms with Crippen LogP contribution in [-0.2, 0) is 4.74 Å². The van der Waals surface area contributed by atoms with Crippen molar-refractivity contribution >= 4 is 6.03 Å². The van der Waals surface area contributed by atoms with E-state index in [0.717, 1.165) is 32.1 Å². The van der Waals surface area contributed by atoms with Gasteiger partial charge in [0.15, 0.2) is 0 Å². The fourth-order valence-electron chi connectivity index (χ4n) is 3.39. The molecule has 1 saturated carbocycles. The van der Waals surface area contributed by atoms with Crippen LogP contribution in [0.2, 0.25) is 0 Å². The fourth-order valence-corrected chi connectivity index (χ4v) is 3.39. The van der Waals surface area contributed by atoms with Crippen molar-refractivity contribution in [3.63, 3.8) is 0 Å². The molecule has 0 spiro atoms. The molecule has 9 nitrogen and oxygen atoms in total. The number of hydrogen-bond donors (Lipinski definition) is 7. The van der Waals surface area contributed by atoms with Gasteiger partial charge < -0.3 is 25.6 Å². The molecule has 0 aromatic rings. The van der Waals surface area contributed by atoms with E-state index in [2.05, 4.69) is 26.6 Å². The van der Waals surface area contributed by atoms with Gasteiger partial charge in [0.25, 0.3) is 0 Å². The topological polar surface area (TPSA) is 127 Å². The van der Waals surface area contributed by atoms with E-state index in [-0.39, 0.29) is 37.2 Å². The molecule has 0 aromatic heterocycles. The molecule has 0 bridgehead atoms. The molecule has 2 amide bonds. The van der Waals surface area contributed by atoms with Crippen LogP contribution in [0.25, 0.3) is 0 Å². The van der Waals surface area contributed by atoms with E-state index in [1.165, 1.54) is 0 Å². The molecule has 4 atom stereocenters. The first-order valence-electron chi connectivity index (χ1n) is 9.14. The predicted molar refractivity (Wildman–Crippen MR) is 93.7 cm³/mol. The van der Waals surface area contributed by atoms with Crippen molar-refractivity contribution in [2.45, 2.75) is 75.8 Å². The van der Waals surface area contributed by atoms with Crippen LogP contribution in [0.1, 0.15) is 39.0 Å². The smallest absolute Gasteiger partial charge is 0.317 e. The average molecular weight is 359 g/mol. The lowest BCUT2D eigenvalue weighted by Gasteiger charge is -2.37. The molecular weight excluding hydrogens is 326 g/mol. The molecule has 2 rings (SSSR count). The highest BCUT2D eigenvalue weighted by molar-refractivity contribution is 5.74. The highest BCUT2D eigenvalue weighted by atomic mass is 16.5. The van der Waals surface area contributed by atoms with Gasteiger partial charge in [0.2, 0.25) is 0 Å². The molecule has 2 aliphatic rings. The van der Waals surface area contributed by atoms with E-state index in [0.29, 0.717) is 12.6 Å². The van der Waals surface area contributed by atoms with Gasteiger partial charge in [-0.3, -0.25) is 16.0 Å². The van der Waals surface area contributed by atoms with Crippen molar-refractivity contribution in [1.29, 1.82) is 0 Å². The Bertz CT molecular complexity index is 406. The molecule has 1 saturated heterocycles. The Labute approximate surface area is 149 Å². The number of carbonyl (C=O) groups is 1. The molecule has 1 aliphatic carbocycles. The summed E-state index contributed by atoms with van der Waals surface area (Å²) in [5.41, 5.74) is 0. The third-order valence-corrected chi connectivity index (χ3v) is 4.84. The van der Waals surface area contributed by atoms with E-state index in [1.807, 2.05) is 6.92 Å². The molecule has 9 heteroatoms. The molecule has 146 valence electrons. The van der Waals surface area contributed by atoms with Crippen molar-refractivity contribution in [3.8, 4) is 0 Å². The monoisotopic (exact) mass is 359 g/mol. The van der Waals surface area contributed by atoms with Gasteiger partial charge in [0.05, 0.1) is 25.0 Å². The third kappa shape index (κ3) is 7.04. The molecule has 25 heavy (non-hydrogen) atoms. The summed E-state index contributed by atoms with van der Waals surface area (Å²) in [4.78, 5) is 12.2. The standard InChI is InChI=1S/C16H33N5O4/c1-10-7-14(17-8-12(23)9-22)20-15(18-10)21-16(24)19-11-3-5-13(25-2)6-4-11/h10-15,17-18,20,22-23H,3-9H2,1-2H3,(H2,19,21,24). The normalized spacial score (nSPS) is 34.3. The first-order valence-corrected chi connectivity index (χ1v) is 9.14. The van der Waals surface area contributed by atoms with Gasteiger partial charge in [-0.25, -0.2) is 4.79 Å². The maximum Gasteiger partial charge on any atom is 0.317 e. The lowest BCUT2D eigenvalue weighted by Crippen LogP contribution is -2.68. The van der Waals surface area contributed by atoms with Gasteiger partial charge in [-0.05, 0) is 39.0 Å². The number of nitrogens with one attached hydrogen (secondary N) is 5. The highest BCUT2D eigenvalue weighted by Gasteiger charge is 2.27. The van der Waals surface area contributed by atoms with Crippen LogP contribution in [0.5, 0.6) is 0 Å². The second kappa shape index (κ2) is 10.2. The van der Waals surface area contributed by atoms with E-state index in [1.54, 1.807) is 7.11 Å². The summed E-state index contributed by atoms with van der Waals surface area (Å²) in [6.45, 7) is 2.06. The van der Waals surface area contributed by atoms with Crippen LogP contribution in [0.15, 0.2) is 0 Å². The summed E-state index contributed by atoms with van der Waals surface area (Å²) in [6.07, 6.45) is 3.71. The summed E-state index contributed by atoms with van der Waals surface area (Å²) in [5, 5.41) is 33.9. The zero-order valence-corrected chi connectivity index (χ0v) is 15.1. The van der Waals surface area contributed by atoms with Crippen LogP contribution in [0.3, 0.4) is 0 Å². The molecule has 0 aromatic carbocycles. The largest absolute Gasteiger partial charge is 0.394 e. The van der Waals surface area contributed by atoms with Gasteiger partial charge in [-0.2, -0.15) is 0 Å². The predicted octanol–water partition coefficient (Wildman–Crippen LogP) is -1.23. The lowest BCUT2D eigenvalue weighted by atomic mass is 9.93. The molecular formula is C16H33N5O4. The van der Waals surface area contributed by atoms with Crippen molar-refractivity contribution in [1.82, 2.24) is 26.6 Å². The Morgan fingerprint density at radius 3 is 2.60 bits per heavy atom. The van der Waals surface area contributed by atoms with Gasteiger partial charge in [-0.15, -0.1) is 0 Å². The molecule has 1 heterocycles. The number of methoxy groups -OCH3 is 1. The van der Waals surface area contributed by atoms with E-state index in [9.17, 15) is 9.90 Å². The minimum absolute atomic E-state index is 0.0557. The maximum absolute atomic E-state index is 12.2. The summed E-state index contributed by atoms with van der Waals surface area (Å²) in [6, 6.07) is 0.183. The van der Waals surface area contributed by atoms with Gasteiger partial charge in [0.1, 0.15) is 6.29 Å². The van der Waals surface area contributed by atoms with Gasteiger partial charge in [-0.1, -0.05) is 0 Å². The summed E-state index contributed by atoms with van der Waals surface area (Å²) in [5.74, 6) is 0. The van der Waals surface area contributed by atoms with Crippen molar-refractivity contribution in [3.05, 3.63) is 0 Å². The first-order chi connectivity index (χ1) is 12.0. The maximum atomic E-state index is 12.2. The van der Waals surface area contributed by atoms with Gasteiger partial charge >= 0.3 is 6.03 Å². The van der Waals surface area contributed by atoms with Gasteiger partial charge in [0, 0.05) is 25.7 Å². The zero-order valence-electron chi connectivity index (χ0n) is 15.1.